The first-order valence-corrected chi connectivity index (χ1v) is 10.9. The van der Waals surface area contributed by atoms with Gasteiger partial charge in [0.15, 0.2) is 5.78 Å². The van der Waals surface area contributed by atoms with Crippen molar-refractivity contribution in [2.24, 2.45) is 0 Å². The predicted molar refractivity (Wildman–Crippen MR) is 124 cm³/mol. The number of hydrogen-bond acceptors (Lipinski definition) is 6. The van der Waals surface area contributed by atoms with E-state index in [9.17, 15) is 19.5 Å². The van der Waals surface area contributed by atoms with Crippen molar-refractivity contribution in [3.63, 3.8) is 0 Å². The molecule has 0 spiro atoms. The maximum absolute atomic E-state index is 13.3. The number of amides is 2. The van der Waals surface area contributed by atoms with Gasteiger partial charge >= 0.3 is 0 Å². The number of imidazole rings is 1. The molecule has 9 heteroatoms. The molecule has 3 N–H and O–H groups in total. The Morgan fingerprint density at radius 3 is 2.50 bits per heavy atom. The van der Waals surface area contributed by atoms with Gasteiger partial charge in [0.05, 0.1) is 18.3 Å². The number of ether oxygens (including phenoxy) is 1. The van der Waals surface area contributed by atoms with Crippen LogP contribution in [0.5, 0.6) is 5.75 Å². The molecule has 9 nitrogen and oxygen atoms in total. The van der Waals surface area contributed by atoms with Crippen molar-refractivity contribution in [1.82, 2.24) is 20.2 Å². The number of ketones is 1. The second-order valence-electron chi connectivity index (χ2n) is 8.44. The fraction of sp³-hybridized carbons (Fsp3) is 0.280. The molecule has 1 aliphatic rings. The van der Waals surface area contributed by atoms with E-state index in [0.29, 0.717) is 11.1 Å². The minimum Gasteiger partial charge on any atom is -0.508 e. The maximum atomic E-state index is 13.3. The Balaban J connectivity index is 1.49. The lowest BCUT2D eigenvalue weighted by molar-refractivity contribution is -0.130. The van der Waals surface area contributed by atoms with Gasteiger partial charge in [-0.1, -0.05) is 12.1 Å². The molecule has 2 amide bonds. The second-order valence-corrected chi connectivity index (χ2v) is 8.44. The van der Waals surface area contributed by atoms with E-state index in [4.69, 9.17) is 4.74 Å². The number of nitrogens with one attached hydrogen (secondary N) is 2. The zero-order valence-electron chi connectivity index (χ0n) is 18.9. The molecule has 2 aromatic carbocycles. The number of carbonyl (C=O) groups is 3. The van der Waals surface area contributed by atoms with E-state index in [1.54, 1.807) is 69.0 Å². The molecule has 176 valence electrons. The van der Waals surface area contributed by atoms with Gasteiger partial charge in [0, 0.05) is 30.2 Å². The van der Waals surface area contributed by atoms with Gasteiger partial charge in [-0.2, -0.15) is 0 Å². The summed E-state index contributed by atoms with van der Waals surface area (Å²) in [4.78, 5) is 42.4. The molecule has 2 heterocycles. The van der Waals surface area contributed by atoms with Crippen LogP contribution in [0.15, 0.2) is 67.3 Å². The average Bonchev–Trinajstić information content (AvgIpc) is 3.45. The van der Waals surface area contributed by atoms with E-state index in [-0.39, 0.29) is 30.6 Å². The zero-order chi connectivity index (χ0) is 24.3. The molecular formula is C25H26N4O5. The summed E-state index contributed by atoms with van der Waals surface area (Å²) in [5, 5.41) is 15.3. The molecule has 0 bridgehead atoms. The van der Waals surface area contributed by atoms with E-state index in [1.165, 1.54) is 12.1 Å². The summed E-state index contributed by atoms with van der Waals surface area (Å²) >= 11 is 0. The number of phenolic OH excluding ortho intramolecular Hbond substituents is 1. The van der Waals surface area contributed by atoms with Crippen LogP contribution in [0.4, 0.5) is 0 Å². The van der Waals surface area contributed by atoms with Gasteiger partial charge in [-0.3, -0.25) is 14.4 Å². The number of phenols is 1. The number of hydrogen-bond donors (Lipinski definition) is 3. The molecular weight excluding hydrogens is 436 g/mol. The molecule has 1 aromatic heterocycles. The summed E-state index contributed by atoms with van der Waals surface area (Å²) in [7, 11) is 0. The standard InChI is InChI=1S/C25H26N4O5/c1-16-25(2,22(31)14-34-16)28-24(33)21(17-5-9-20(30)10-6-17)13-27-23(32)18-3-7-19(8-4-18)29-12-11-26-15-29/h3-12,15-16,21,30H,13-14H2,1-2H3,(H,27,32)(H,28,33). The first-order chi connectivity index (χ1) is 16.3. The first kappa shape index (κ1) is 23.2. The largest absolute Gasteiger partial charge is 0.508 e. The van der Waals surface area contributed by atoms with Crippen molar-refractivity contribution < 1.29 is 24.2 Å². The number of nitrogens with zero attached hydrogens (tertiary/aromatic N) is 2. The normalized spacial score (nSPS) is 20.6. The molecule has 34 heavy (non-hydrogen) atoms. The summed E-state index contributed by atoms with van der Waals surface area (Å²) in [6.07, 6.45) is 4.66. The van der Waals surface area contributed by atoms with Crippen LogP contribution in [0.3, 0.4) is 0 Å². The fourth-order valence-electron chi connectivity index (χ4n) is 3.82. The van der Waals surface area contributed by atoms with Crippen LogP contribution < -0.4 is 10.6 Å². The van der Waals surface area contributed by atoms with Gasteiger partial charge < -0.3 is 25.0 Å². The van der Waals surface area contributed by atoms with E-state index in [1.807, 2.05) is 4.57 Å². The summed E-state index contributed by atoms with van der Waals surface area (Å²) in [6, 6.07) is 13.2. The lowest BCUT2D eigenvalue weighted by Gasteiger charge is -2.29. The van der Waals surface area contributed by atoms with E-state index >= 15 is 0 Å². The Labute approximate surface area is 196 Å². The minimum atomic E-state index is -1.15. The second kappa shape index (κ2) is 9.48. The van der Waals surface area contributed by atoms with Crippen LogP contribution in [0.2, 0.25) is 0 Å². The van der Waals surface area contributed by atoms with Crippen molar-refractivity contribution in [3.05, 3.63) is 78.4 Å². The van der Waals surface area contributed by atoms with Crippen LogP contribution in [0, 0.1) is 0 Å². The van der Waals surface area contributed by atoms with Gasteiger partial charge in [-0.15, -0.1) is 0 Å². The molecule has 3 unspecified atom stereocenters. The summed E-state index contributed by atoms with van der Waals surface area (Å²) < 4.78 is 7.22. The van der Waals surface area contributed by atoms with Gasteiger partial charge in [-0.05, 0) is 55.8 Å². The summed E-state index contributed by atoms with van der Waals surface area (Å²) in [5.41, 5.74) is 0.739. The monoisotopic (exact) mass is 462 g/mol. The highest BCUT2D eigenvalue weighted by molar-refractivity contribution is 5.98. The SMILES string of the molecule is CC1OCC(=O)C1(C)NC(=O)C(CNC(=O)c1ccc(-n2ccnc2)cc1)c1ccc(O)cc1. The van der Waals surface area contributed by atoms with Crippen molar-refractivity contribution in [1.29, 1.82) is 0 Å². The lowest BCUT2D eigenvalue weighted by atomic mass is 9.90. The van der Waals surface area contributed by atoms with Gasteiger partial charge in [0.1, 0.15) is 17.9 Å². The Kier molecular flexibility index (Phi) is 6.47. The number of benzene rings is 2. The number of Topliss-reactive ketones (excluding diaryl/α,β-unsaturated/α-hetero) is 1. The highest BCUT2D eigenvalue weighted by Gasteiger charge is 2.47. The van der Waals surface area contributed by atoms with Crippen LogP contribution in [0.1, 0.15) is 35.7 Å². The minimum absolute atomic E-state index is 0.00176. The Bertz CT molecular complexity index is 1180. The molecule has 1 aliphatic heterocycles. The number of aromatic nitrogens is 2. The molecule has 3 atom stereocenters. The average molecular weight is 463 g/mol. The predicted octanol–water partition coefficient (Wildman–Crippen LogP) is 1.95. The molecule has 0 saturated carbocycles. The molecule has 4 rings (SSSR count). The van der Waals surface area contributed by atoms with Crippen LogP contribution in [-0.4, -0.2) is 57.0 Å². The van der Waals surface area contributed by atoms with E-state index < -0.39 is 23.5 Å². The highest BCUT2D eigenvalue weighted by Crippen LogP contribution is 2.25. The molecule has 3 aromatic rings. The van der Waals surface area contributed by atoms with Crippen molar-refractivity contribution >= 4 is 17.6 Å². The molecule has 0 radical (unpaired) electrons. The Morgan fingerprint density at radius 1 is 1.21 bits per heavy atom. The van der Waals surface area contributed by atoms with Crippen molar-refractivity contribution in [2.45, 2.75) is 31.4 Å². The van der Waals surface area contributed by atoms with Crippen LogP contribution >= 0.6 is 0 Å². The summed E-state index contributed by atoms with van der Waals surface area (Å²) in [6.45, 7) is 3.31. The third-order valence-electron chi connectivity index (χ3n) is 6.25. The molecule has 1 saturated heterocycles. The zero-order valence-corrected chi connectivity index (χ0v) is 18.9. The number of aromatic hydroxyl groups is 1. The molecule has 0 aliphatic carbocycles. The fourth-order valence-corrected chi connectivity index (χ4v) is 3.82. The number of rotatable bonds is 7. The topological polar surface area (TPSA) is 123 Å². The highest BCUT2D eigenvalue weighted by atomic mass is 16.5. The molecule has 1 fully saturated rings. The van der Waals surface area contributed by atoms with Gasteiger partial charge in [0.2, 0.25) is 5.91 Å². The van der Waals surface area contributed by atoms with Gasteiger partial charge in [0.25, 0.3) is 5.91 Å². The lowest BCUT2D eigenvalue weighted by Crippen LogP contribution is -2.57. The Morgan fingerprint density at radius 2 is 1.91 bits per heavy atom. The van der Waals surface area contributed by atoms with Crippen LogP contribution in [-0.2, 0) is 14.3 Å². The van der Waals surface area contributed by atoms with Crippen LogP contribution in [0.25, 0.3) is 5.69 Å². The van der Waals surface area contributed by atoms with E-state index in [0.717, 1.165) is 5.69 Å². The quantitative estimate of drug-likeness (QED) is 0.493. The van der Waals surface area contributed by atoms with Crippen molar-refractivity contribution in [3.8, 4) is 11.4 Å². The smallest absolute Gasteiger partial charge is 0.251 e. The maximum Gasteiger partial charge on any atom is 0.251 e. The Hall–Kier alpha value is -3.98. The van der Waals surface area contributed by atoms with Crippen molar-refractivity contribution in [2.75, 3.05) is 13.2 Å². The number of carbonyl (C=O) groups excluding carboxylic acids is 3. The third-order valence-corrected chi connectivity index (χ3v) is 6.25. The van der Waals surface area contributed by atoms with E-state index in [2.05, 4.69) is 15.6 Å². The summed E-state index contributed by atoms with van der Waals surface area (Å²) in [5.74, 6) is -1.69. The first-order valence-electron chi connectivity index (χ1n) is 10.9. The van der Waals surface area contributed by atoms with Gasteiger partial charge in [-0.25, -0.2) is 4.98 Å². The third kappa shape index (κ3) is 4.69.